The Labute approximate surface area is 231 Å². The summed E-state index contributed by atoms with van der Waals surface area (Å²) in [7, 11) is 1.28. The number of benzene rings is 2. The van der Waals surface area contributed by atoms with Crippen molar-refractivity contribution in [2.45, 2.75) is 30.8 Å². The Morgan fingerprint density at radius 2 is 1.78 bits per heavy atom. The molecule has 2 aliphatic heterocycles. The number of allylic oxidation sites excluding steroid dienone is 2. The summed E-state index contributed by atoms with van der Waals surface area (Å²) in [4.78, 5) is 8.51. The molecule has 1 N–H and O–H groups in total. The lowest BCUT2D eigenvalue weighted by Crippen LogP contribution is -2.53. The van der Waals surface area contributed by atoms with E-state index in [0.29, 0.717) is 5.56 Å². The highest BCUT2D eigenvalue weighted by atomic mass is 19.4. The zero-order valence-electron chi connectivity index (χ0n) is 21.8. The van der Waals surface area contributed by atoms with Crippen molar-refractivity contribution in [2.24, 2.45) is 0 Å². The number of methoxy groups -OCH3 is 1. The van der Waals surface area contributed by atoms with Crippen LogP contribution in [0.15, 0.2) is 78.6 Å². The molecule has 2 aromatic rings. The Balaban J connectivity index is 1.56. The van der Waals surface area contributed by atoms with Gasteiger partial charge >= 0.3 is 6.18 Å². The van der Waals surface area contributed by atoms with Crippen LogP contribution < -0.4 is 0 Å². The van der Waals surface area contributed by atoms with Gasteiger partial charge in [0.25, 0.3) is 0 Å². The standard InChI is InChI=1S/C29H25F5N4O3/c1-40-28(17-38-16-23-22(15-35-38)36-27(37-23)20-9-5-10-21(30)25(20)31)12-11-19(18-7-3-2-4-8-18)24(29(32,33)34)26(28)41-14-6-13-39/h2-5,7-12,15-16,26,39H,6,13-14,17H2,1H3. The number of alkyl halides is 3. The highest BCUT2D eigenvalue weighted by molar-refractivity contribution is 5.80. The van der Waals surface area contributed by atoms with E-state index >= 15 is 0 Å². The number of hydrogen-bond donors (Lipinski definition) is 1. The zero-order valence-corrected chi connectivity index (χ0v) is 21.8. The fraction of sp³-hybridized carbons (Fsp3) is 0.276. The van der Waals surface area contributed by atoms with Gasteiger partial charge in [0.05, 0.1) is 30.1 Å². The van der Waals surface area contributed by atoms with E-state index in [0.717, 1.165) is 6.07 Å². The number of ether oxygens (including phenoxy) is 2. The van der Waals surface area contributed by atoms with Crippen LogP contribution in [0.1, 0.15) is 12.0 Å². The third kappa shape index (κ3) is 5.63. The highest BCUT2D eigenvalue weighted by Gasteiger charge is 2.53. The summed E-state index contributed by atoms with van der Waals surface area (Å²) in [5, 5.41) is 13.5. The van der Waals surface area contributed by atoms with Gasteiger partial charge in [-0.15, -0.1) is 0 Å². The SMILES string of the molecule is COC1(Cn2cc3nc(-c4cccc(F)c4F)nc-3cn2)C=CC(c2ccccc2)=C(C(F)(F)F)C1OCCCO. The molecule has 2 aromatic carbocycles. The molecule has 2 heterocycles. The Morgan fingerprint density at radius 3 is 2.49 bits per heavy atom. The van der Waals surface area contributed by atoms with Gasteiger partial charge in [0, 0.05) is 20.3 Å². The van der Waals surface area contributed by atoms with E-state index in [9.17, 15) is 27.1 Å². The third-order valence-electron chi connectivity index (χ3n) is 6.80. The summed E-state index contributed by atoms with van der Waals surface area (Å²) in [5.74, 6) is -2.21. The number of imidazole rings is 1. The first-order valence-electron chi connectivity index (χ1n) is 12.6. The molecule has 0 bridgehead atoms. The molecule has 7 nitrogen and oxygen atoms in total. The van der Waals surface area contributed by atoms with Crippen LogP contribution in [0.5, 0.6) is 0 Å². The van der Waals surface area contributed by atoms with Crippen molar-refractivity contribution >= 4 is 5.57 Å². The number of nitrogens with zero attached hydrogens (tertiary/aromatic N) is 4. The minimum absolute atomic E-state index is 0.0585. The first-order chi connectivity index (χ1) is 19.7. The van der Waals surface area contributed by atoms with E-state index in [1.165, 1.54) is 48.5 Å². The number of aliphatic hydroxyl groups is 1. The number of rotatable bonds is 9. The third-order valence-corrected chi connectivity index (χ3v) is 6.80. The Morgan fingerprint density at radius 1 is 1.02 bits per heavy atom. The van der Waals surface area contributed by atoms with Crippen LogP contribution in [0.4, 0.5) is 22.0 Å². The van der Waals surface area contributed by atoms with Gasteiger partial charge in [-0.3, -0.25) is 4.68 Å². The average Bonchev–Trinajstić information content (AvgIpc) is 3.38. The van der Waals surface area contributed by atoms with E-state index in [-0.39, 0.29) is 54.5 Å². The number of aliphatic hydroxyl groups excluding tert-OH is 1. The van der Waals surface area contributed by atoms with Crippen LogP contribution in [0.3, 0.4) is 0 Å². The predicted molar refractivity (Wildman–Crippen MR) is 140 cm³/mol. The first kappa shape index (κ1) is 28.5. The molecule has 0 saturated carbocycles. The molecule has 1 aliphatic carbocycles. The molecule has 2 atom stereocenters. The topological polar surface area (TPSA) is 82.3 Å². The molecule has 0 fully saturated rings. The maximum atomic E-state index is 14.7. The van der Waals surface area contributed by atoms with Crippen LogP contribution >= 0.6 is 0 Å². The second-order valence-electron chi connectivity index (χ2n) is 9.40. The fourth-order valence-corrected chi connectivity index (χ4v) is 4.82. The minimum atomic E-state index is -4.78. The van der Waals surface area contributed by atoms with E-state index < -0.39 is 35.1 Å². The summed E-state index contributed by atoms with van der Waals surface area (Å²) < 4.78 is 85.1. The predicted octanol–water partition coefficient (Wildman–Crippen LogP) is 5.46. The fourth-order valence-electron chi connectivity index (χ4n) is 4.82. The quantitative estimate of drug-likeness (QED) is 0.212. The van der Waals surface area contributed by atoms with Crippen LogP contribution in [0.2, 0.25) is 0 Å². The Kier molecular flexibility index (Phi) is 7.98. The zero-order chi connectivity index (χ0) is 29.2. The Hall–Kier alpha value is -4.00. The maximum Gasteiger partial charge on any atom is 0.415 e. The van der Waals surface area contributed by atoms with E-state index in [2.05, 4.69) is 15.1 Å². The van der Waals surface area contributed by atoms with Gasteiger partial charge in [-0.05, 0) is 35.8 Å². The van der Waals surface area contributed by atoms with E-state index in [1.54, 1.807) is 30.3 Å². The number of hydrogen-bond acceptors (Lipinski definition) is 6. The minimum Gasteiger partial charge on any atom is -0.396 e. The van der Waals surface area contributed by atoms with Crippen LogP contribution in [-0.2, 0) is 16.0 Å². The van der Waals surface area contributed by atoms with Crippen LogP contribution in [-0.4, -0.2) is 63.1 Å². The normalized spacial score (nSPS) is 19.3. The molecule has 12 heteroatoms. The molecule has 0 amide bonds. The van der Waals surface area contributed by atoms with Gasteiger partial charge < -0.3 is 14.6 Å². The summed E-state index contributed by atoms with van der Waals surface area (Å²) in [5.41, 5.74) is -1.89. The lowest BCUT2D eigenvalue weighted by Gasteiger charge is -2.42. The van der Waals surface area contributed by atoms with E-state index in [4.69, 9.17) is 9.47 Å². The summed E-state index contributed by atoms with van der Waals surface area (Å²) in [6, 6.07) is 11.8. The van der Waals surface area contributed by atoms with E-state index in [1.807, 2.05) is 0 Å². The smallest absolute Gasteiger partial charge is 0.396 e. The lowest BCUT2D eigenvalue weighted by molar-refractivity contribution is -0.149. The molecule has 5 rings (SSSR count). The number of fused-ring (bicyclic) bond motifs is 1. The molecule has 214 valence electrons. The van der Waals surface area contributed by atoms with Crippen molar-refractivity contribution in [1.82, 2.24) is 19.7 Å². The van der Waals surface area contributed by atoms with Gasteiger partial charge in [0.15, 0.2) is 17.5 Å². The van der Waals surface area contributed by atoms with Crippen molar-refractivity contribution in [3.05, 3.63) is 95.8 Å². The van der Waals surface area contributed by atoms with Gasteiger partial charge in [0.2, 0.25) is 0 Å². The molecular formula is C29H25F5N4O3. The van der Waals surface area contributed by atoms with Crippen molar-refractivity contribution in [3.8, 4) is 22.8 Å². The van der Waals surface area contributed by atoms with Crippen molar-refractivity contribution in [2.75, 3.05) is 20.3 Å². The molecule has 0 spiro atoms. The molecule has 0 saturated heterocycles. The second-order valence-corrected chi connectivity index (χ2v) is 9.40. The van der Waals surface area contributed by atoms with Crippen molar-refractivity contribution in [3.63, 3.8) is 0 Å². The van der Waals surface area contributed by atoms with Crippen LogP contribution in [0.25, 0.3) is 28.3 Å². The monoisotopic (exact) mass is 572 g/mol. The maximum absolute atomic E-state index is 14.7. The van der Waals surface area contributed by atoms with Gasteiger partial charge in [-0.2, -0.15) is 18.3 Å². The summed E-state index contributed by atoms with van der Waals surface area (Å²) in [6.45, 7) is -0.649. The number of halogens is 5. The lowest BCUT2D eigenvalue weighted by atomic mass is 9.80. The van der Waals surface area contributed by atoms with Crippen molar-refractivity contribution in [1.29, 1.82) is 0 Å². The van der Waals surface area contributed by atoms with Gasteiger partial charge in [0.1, 0.15) is 23.1 Å². The Bertz CT molecular complexity index is 1550. The van der Waals surface area contributed by atoms with Crippen LogP contribution in [0, 0.1) is 11.6 Å². The highest BCUT2D eigenvalue weighted by Crippen LogP contribution is 2.45. The first-order valence-corrected chi connectivity index (χ1v) is 12.6. The average molecular weight is 573 g/mol. The molecule has 2 unspecified atom stereocenters. The molecule has 0 radical (unpaired) electrons. The van der Waals surface area contributed by atoms with Gasteiger partial charge in [-0.1, -0.05) is 42.5 Å². The summed E-state index contributed by atoms with van der Waals surface area (Å²) in [6.07, 6.45) is -0.648. The summed E-state index contributed by atoms with van der Waals surface area (Å²) >= 11 is 0. The molecular weight excluding hydrogens is 547 g/mol. The van der Waals surface area contributed by atoms with Crippen molar-refractivity contribution < 1.29 is 36.5 Å². The second kappa shape index (κ2) is 11.5. The molecule has 0 aromatic heterocycles. The van der Waals surface area contributed by atoms with Gasteiger partial charge in [-0.25, -0.2) is 18.7 Å². The molecule has 3 aliphatic rings. The number of aromatic nitrogens is 4. The molecule has 41 heavy (non-hydrogen) atoms. The largest absolute Gasteiger partial charge is 0.415 e.